The molecule has 0 rings (SSSR count). The summed E-state index contributed by atoms with van der Waals surface area (Å²) in [6, 6.07) is 0. The maximum absolute atomic E-state index is 11.0. The Morgan fingerprint density at radius 2 is 2.15 bits per heavy atom. The van der Waals surface area contributed by atoms with Gasteiger partial charge in [-0.25, -0.2) is 4.79 Å². The molecule has 1 N–H and O–H groups in total. The first-order valence-electron chi connectivity index (χ1n) is 4.51. The summed E-state index contributed by atoms with van der Waals surface area (Å²) in [7, 11) is 0. The smallest absolute Gasteiger partial charge is 0.333 e. The summed E-state index contributed by atoms with van der Waals surface area (Å²) >= 11 is 0. The highest BCUT2D eigenvalue weighted by Crippen LogP contribution is 2.07. The van der Waals surface area contributed by atoms with E-state index in [9.17, 15) is 9.90 Å². The monoisotopic (exact) mass is 186 g/mol. The van der Waals surface area contributed by atoms with Gasteiger partial charge in [-0.15, -0.1) is 0 Å². The van der Waals surface area contributed by atoms with E-state index in [1.807, 2.05) is 6.92 Å². The van der Waals surface area contributed by atoms with Gasteiger partial charge in [0.15, 0.2) is 0 Å². The van der Waals surface area contributed by atoms with Crippen molar-refractivity contribution in [1.29, 1.82) is 0 Å². The molecule has 0 aliphatic rings. The molecule has 2 atom stereocenters. The Hall–Kier alpha value is -0.830. The zero-order valence-electron chi connectivity index (χ0n) is 8.54. The van der Waals surface area contributed by atoms with Gasteiger partial charge in [-0.2, -0.15) is 0 Å². The number of carbonyl (C=O) groups excluding carboxylic acids is 1. The number of aliphatic hydroxyl groups is 1. The van der Waals surface area contributed by atoms with E-state index in [-0.39, 0.29) is 6.10 Å². The van der Waals surface area contributed by atoms with Crippen molar-refractivity contribution in [2.75, 3.05) is 0 Å². The molecule has 0 amide bonds. The summed E-state index contributed by atoms with van der Waals surface area (Å²) in [5.74, 6) is -0.393. The highest BCUT2D eigenvalue weighted by Gasteiger charge is 2.13. The number of carbonyl (C=O) groups is 1. The minimum absolute atomic E-state index is 0.251. The Balaban J connectivity index is 3.80. The Labute approximate surface area is 79.4 Å². The second kappa shape index (κ2) is 5.75. The van der Waals surface area contributed by atoms with Crippen LogP contribution >= 0.6 is 0 Å². The number of rotatable bonds is 5. The minimum atomic E-state index is -0.395. The van der Waals surface area contributed by atoms with Crippen LogP contribution in [0, 0.1) is 0 Å². The van der Waals surface area contributed by atoms with Crippen molar-refractivity contribution in [2.45, 2.75) is 45.8 Å². The fraction of sp³-hybridized carbons (Fsp3) is 0.700. The SMILES string of the molecule is C=C(C)C(=O)OC(C)CC(O)CC. The molecule has 0 bridgehead atoms. The molecule has 0 fully saturated rings. The van der Waals surface area contributed by atoms with Crippen molar-refractivity contribution in [3.63, 3.8) is 0 Å². The van der Waals surface area contributed by atoms with Crippen LogP contribution in [-0.2, 0) is 9.53 Å². The highest BCUT2D eigenvalue weighted by molar-refractivity contribution is 5.87. The van der Waals surface area contributed by atoms with E-state index in [1.165, 1.54) is 0 Å². The van der Waals surface area contributed by atoms with E-state index in [0.717, 1.165) is 0 Å². The summed E-state index contributed by atoms with van der Waals surface area (Å²) in [6.07, 6.45) is 0.511. The standard InChI is InChI=1S/C10H18O3/c1-5-9(11)6-8(4)13-10(12)7(2)3/h8-9,11H,2,5-6H2,1,3-4H3. The highest BCUT2D eigenvalue weighted by atomic mass is 16.5. The van der Waals surface area contributed by atoms with Crippen LogP contribution in [0.1, 0.15) is 33.6 Å². The topological polar surface area (TPSA) is 46.5 Å². The second-order valence-corrected chi connectivity index (χ2v) is 3.29. The summed E-state index contributed by atoms with van der Waals surface area (Å²) in [6.45, 7) is 8.72. The van der Waals surface area contributed by atoms with Crippen LogP contribution in [-0.4, -0.2) is 23.3 Å². The van der Waals surface area contributed by atoms with E-state index in [2.05, 4.69) is 6.58 Å². The third kappa shape index (κ3) is 5.42. The average molecular weight is 186 g/mol. The molecule has 0 aromatic rings. The quantitative estimate of drug-likeness (QED) is 0.524. The number of ether oxygens (including phenoxy) is 1. The van der Waals surface area contributed by atoms with Gasteiger partial charge in [0.2, 0.25) is 0 Å². The lowest BCUT2D eigenvalue weighted by Gasteiger charge is -2.15. The fourth-order valence-electron chi connectivity index (χ4n) is 0.881. The van der Waals surface area contributed by atoms with Gasteiger partial charge in [-0.05, 0) is 20.3 Å². The van der Waals surface area contributed by atoms with Crippen LogP contribution in [0.3, 0.4) is 0 Å². The van der Waals surface area contributed by atoms with Crippen molar-refractivity contribution >= 4 is 5.97 Å². The first-order valence-corrected chi connectivity index (χ1v) is 4.51. The normalized spacial score (nSPS) is 14.8. The molecule has 13 heavy (non-hydrogen) atoms. The molecule has 76 valence electrons. The van der Waals surface area contributed by atoms with Gasteiger partial charge < -0.3 is 9.84 Å². The van der Waals surface area contributed by atoms with Crippen molar-refractivity contribution in [2.24, 2.45) is 0 Å². The predicted octanol–water partition coefficient (Wildman–Crippen LogP) is 1.66. The molecule has 2 unspecified atom stereocenters. The Kier molecular flexibility index (Phi) is 5.39. The molecule has 0 aliphatic carbocycles. The van der Waals surface area contributed by atoms with Crippen molar-refractivity contribution < 1.29 is 14.6 Å². The molecule has 0 saturated carbocycles. The van der Waals surface area contributed by atoms with E-state index in [4.69, 9.17) is 4.74 Å². The van der Waals surface area contributed by atoms with E-state index < -0.39 is 12.1 Å². The zero-order chi connectivity index (χ0) is 10.4. The van der Waals surface area contributed by atoms with Crippen molar-refractivity contribution in [3.05, 3.63) is 12.2 Å². The van der Waals surface area contributed by atoms with Crippen LogP contribution < -0.4 is 0 Å². The minimum Gasteiger partial charge on any atom is -0.459 e. The maximum Gasteiger partial charge on any atom is 0.333 e. The first kappa shape index (κ1) is 12.2. The third-order valence-corrected chi connectivity index (χ3v) is 1.73. The molecule has 0 aromatic carbocycles. The predicted molar refractivity (Wildman–Crippen MR) is 51.3 cm³/mol. The molecular formula is C10H18O3. The number of hydrogen-bond acceptors (Lipinski definition) is 3. The summed E-state index contributed by atoms with van der Waals surface area (Å²) in [4.78, 5) is 11.0. The van der Waals surface area contributed by atoms with Gasteiger partial charge in [-0.3, -0.25) is 0 Å². The van der Waals surface area contributed by atoms with Gasteiger partial charge in [0.25, 0.3) is 0 Å². The summed E-state index contributed by atoms with van der Waals surface area (Å²) in [5, 5.41) is 9.27. The molecule has 0 spiro atoms. The summed E-state index contributed by atoms with van der Waals surface area (Å²) < 4.78 is 4.99. The number of esters is 1. The van der Waals surface area contributed by atoms with E-state index in [0.29, 0.717) is 18.4 Å². The molecule has 0 aromatic heterocycles. The molecule has 0 heterocycles. The Morgan fingerprint density at radius 1 is 1.62 bits per heavy atom. The summed E-state index contributed by atoms with van der Waals surface area (Å²) in [5.41, 5.74) is 0.387. The molecule has 0 saturated heterocycles. The third-order valence-electron chi connectivity index (χ3n) is 1.73. The van der Waals surface area contributed by atoms with Crippen molar-refractivity contribution in [3.8, 4) is 0 Å². The van der Waals surface area contributed by atoms with Gasteiger partial charge >= 0.3 is 5.97 Å². The fourth-order valence-corrected chi connectivity index (χ4v) is 0.881. The molecule has 0 radical (unpaired) electrons. The zero-order valence-corrected chi connectivity index (χ0v) is 8.54. The van der Waals surface area contributed by atoms with Gasteiger partial charge in [0, 0.05) is 12.0 Å². The molecular weight excluding hydrogens is 168 g/mol. The van der Waals surface area contributed by atoms with Gasteiger partial charge in [-0.1, -0.05) is 13.5 Å². The Morgan fingerprint density at radius 3 is 2.54 bits per heavy atom. The van der Waals surface area contributed by atoms with Crippen LogP contribution in [0.4, 0.5) is 0 Å². The van der Waals surface area contributed by atoms with Crippen LogP contribution in [0.5, 0.6) is 0 Å². The van der Waals surface area contributed by atoms with Gasteiger partial charge in [0.1, 0.15) is 6.10 Å². The first-order chi connectivity index (χ1) is 5.97. The van der Waals surface area contributed by atoms with Crippen LogP contribution in [0.2, 0.25) is 0 Å². The van der Waals surface area contributed by atoms with Crippen LogP contribution in [0.25, 0.3) is 0 Å². The van der Waals surface area contributed by atoms with E-state index >= 15 is 0 Å². The van der Waals surface area contributed by atoms with E-state index in [1.54, 1.807) is 13.8 Å². The molecule has 3 heteroatoms. The van der Waals surface area contributed by atoms with Crippen molar-refractivity contribution in [1.82, 2.24) is 0 Å². The molecule has 3 nitrogen and oxygen atoms in total. The van der Waals surface area contributed by atoms with Gasteiger partial charge in [0.05, 0.1) is 6.10 Å². The second-order valence-electron chi connectivity index (χ2n) is 3.29. The average Bonchev–Trinajstić information content (AvgIpc) is 2.03. The number of hydrogen-bond donors (Lipinski definition) is 1. The maximum atomic E-state index is 11.0. The largest absolute Gasteiger partial charge is 0.459 e. The number of aliphatic hydroxyl groups excluding tert-OH is 1. The molecule has 0 aliphatic heterocycles. The lowest BCUT2D eigenvalue weighted by atomic mass is 10.1. The van der Waals surface area contributed by atoms with Crippen LogP contribution in [0.15, 0.2) is 12.2 Å². The Bertz CT molecular complexity index is 187. The lowest BCUT2D eigenvalue weighted by molar-refractivity contribution is -0.144. The lowest BCUT2D eigenvalue weighted by Crippen LogP contribution is -2.21.